The van der Waals surface area contributed by atoms with Crippen LogP contribution in [0, 0.1) is 0 Å². The van der Waals surface area contributed by atoms with Crippen molar-refractivity contribution in [2.45, 2.75) is 6.54 Å². The van der Waals surface area contributed by atoms with E-state index >= 15 is 0 Å². The molecule has 0 unspecified atom stereocenters. The molecular formula is C11H7ClN4O3S. The zero-order valence-electron chi connectivity index (χ0n) is 9.83. The van der Waals surface area contributed by atoms with Crippen LogP contribution in [-0.2, 0) is 6.54 Å². The molecular weight excluding hydrogens is 304 g/mol. The van der Waals surface area contributed by atoms with Crippen molar-refractivity contribution in [1.82, 2.24) is 13.9 Å². The fraction of sp³-hybridized carbons (Fsp3) is 0.0909. The molecule has 0 aliphatic carbocycles. The van der Waals surface area contributed by atoms with Crippen LogP contribution in [-0.4, -0.2) is 25.0 Å². The number of carboxylic acid groups (broad SMARTS) is 1. The Hall–Kier alpha value is -2.19. The second-order valence-electron chi connectivity index (χ2n) is 3.89. The van der Waals surface area contributed by atoms with E-state index in [0.717, 1.165) is 17.2 Å². The van der Waals surface area contributed by atoms with Gasteiger partial charge in [0.2, 0.25) is 0 Å². The van der Waals surface area contributed by atoms with Gasteiger partial charge in [0.05, 0.1) is 29.0 Å². The molecule has 0 bridgehead atoms. The third kappa shape index (κ3) is 2.30. The summed E-state index contributed by atoms with van der Waals surface area (Å²) in [4.78, 5) is 10.7. The molecule has 3 aromatic rings. The van der Waals surface area contributed by atoms with E-state index in [2.05, 4.69) is 19.2 Å². The minimum atomic E-state index is -1.14. The summed E-state index contributed by atoms with van der Waals surface area (Å²) in [5, 5.41) is 15.7. The fourth-order valence-electron chi connectivity index (χ4n) is 1.67. The van der Waals surface area contributed by atoms with Gasteiger partial charge in [0, 0.05) is 6.07 Å². The summed E-state index contributed by atoms with van der Waals surface area (Å²) in [6, 6.07) is 4.85. The predicted octanol–water partition coefficient (Wildman–Crippen LogP) is 2.64. The molecule has 9 heteroatoms. The number of benzene rings is 1. The van der Waals surface area contributed by atoms with Gasteiger partial charge in [0.15, 0.2) is 11.5 Å². The van der Waals surface area contributed by atoms with Gasteiger partial charge in [-0.05, 0) is 12.1 Å². The molecule has 102 valence electrons. The second-order valence-corrected chi connectivity index (χ2v) is 4.83. The van der Waals surface area contributed by atoms with E-state index in [1.54, 1.807) is 12.1 Å². The zero-order valence-corrected chi connectivity index (χ0v) is 11.4. The van der Waals surface area contributed by atoms with Crippen LogP contribution in [0.5, 0.6) is 0 Å². The van der Waals surface area contributed by atoms with Crippen molar-refractivity contribution in [1.29, 1.82) is 0 Å². The van der Waals surface area contributed by atoms with Crippen LogP contribution in [0.25, 0.3) is 11.0 Å². The monoisotopic (exact) mass is 310 g/mol. The molecule has 0 aliphatic heterocycles. The lowest BCUT2D eigenvalue weighted by Gasteiger charge is -2.06. The lowest BCUT2D eigenvalue weighted by atomic mass is 10.2. The molecule has 20 heavy (non-hydrogen) atoms. The molecule has 2 aromatic heterocycles. The Labute approximate surface area is 121 Å². The van der Waals surface area contributed by atoms with Crippen LogP contribution in [0.3, 0.4) is 0 Å². The Morgan fingerprint density at radius 3 is 3.05 bits per heavy atom. The molecule has 0 spiro atoms. The number of hydrogen-bond acceptors (Lipinski definition) is 7. The van der Waals surface area contributed by atoms with Crippen molar-refractivity contribution in [2.75, 3.05) is 5.32 Å². The maximum atomic E-state index is 10.7. The SMILES string of the molecule is O=C(O)c1cc(CNc2c(Cl)ccc3nsnc23)on1. The molecule has 0 radical (unpaired) electrons. The van der Waals surface area contributed by atoms with E-state index in [0.29, 0.717) is 22.0 Å². The number of fused-ring (bicyclic) bond motifs is 1. The third-order valence-corrected chi connectivity index (χ3v) is 3.45. The number of anilines is 1. The molecule has 0 aliphatic rings. The summed E-state index contributed by atoms with van der Waals surface area (Å²) in [6.07, 6.45) is 0. The van der Waals surface area contributed by atoms with Gasteiger partial charge in [-0.2, -0.15) is 8.75 Å². The average Bonchev–Trinajstić information content (AvgIpc) is 3.05. The number of hydrogen-bond donors (Lipinski definition) is 2. The number of carboxylic acids is 1. The van der Waals surface area contributed by atoms with Gasteiger partial charge in [-0.1, -0.05) is 16.8 Å². The van der Waals surface area contributed by atoms with Crippen molar-refractivity contribution in [2.24, 2.45) is 0 Å². The standard InChI is InChI=1S/C11H7ClN4O3S/c12-6-1-2-7-10(16-20-15-7)9(6)13-4-5-3-8(11(17)18)14-19-5/h1-3,13H,4H2,(H,17,18). The van der Waals surface area contributed by atoms with E-state index in [-0.39, 0.29) is 12.2 Å². The van der Waals surface area contributed by atoms with Gasteiger partial charge in [0.1, 0.15) is 11.0 Å². The van der Waals surface area contributed by atoms with Crippen molar-refractivity contribution >= 4 is 46.0 Å². The van der Waals surface area contributed by atoms with Gasteiger partial charge in [-0.15, -0.1) is 0 Å². The fourth-order valence-corrected chi connectivity index (χ4v) is 2.43. The molecule has 0 atom stereocenters. The first-order valence-electron chi connectivity index (χ1n) is 5.48. The van der Waals surface area contributed by atoms with Crippen molar-refractivity contribution in [3.63, 3.8) is 0 Å². The number of carbonyl (C=O) groups is 1. The number of nitrogens with zero attached hydrogens (tertiary/aromatic N) is 3. The van der Waals surface area contributed by atoms with E-state index in [1.807, 2.05) is 0 Å². The minimum absolute atomic E-state index is 0.138. The average molecular weight is 311 g/mol. The first kappa shape index (κ1) is 12.8. The summed E-state index contributed by atoms with van der Waals surface area (Å²) in [7, 11) is 0. The van der Waals surface area contributed by atoms with Crippen molar-refractivity contribution in [3.8, 4) is 0 Å². The Kier molecular flexibility index (Phi) is 3.25. The van der Waals surface area contributed by atoms with E-state index in [1.165, 1.54) is 6.07 Å². The van der Waals surface area contributed by atoms with E-state index < -0.39 is 5.97 Å². The lowest BCUT2D eigenvalue weighted by molar-refractivity contribution is 0.0685. The molecule has 2 N–H and O–H groups in total. The molecule has 0 saturated heterocycles. The summed E-state index contributed by atoms with van der Waals surface area (Å²) in [5.41, 5.74) is 1.90. The van der Waals surface area contributed by atoms with Gasteiger partial charge in [0.25, 0.3) is 0 Å². The van der Waals surface area contributed by atoms with Gasteiger partial charge < -0.3 is 14.9 Å². The Bertz CT molecular complexity index is 785. The number of rotatable bonds is 4. The van der Waals surface area contributed by atoms with Crippen LogP contribution >= 0.6 is 23.3 Å². The highest BCUT2D eigenvalue weighted by Crippen LogP contribution is 2.30. The van der Waals surface area contributed by atoms with Crippen LogP contribution in [0.1, 0.15) is 16.2 Å². The molecule has 3 rings (SSSR count). The van der Waals surface area contributed by atoms with E-state index in [9.17, 15) is 4.79 Å². The van der Waals surface area contributed by atoms with Crippen molar-refractivity contribution in [3.05, 3.63) is 34.7 Å². The Morgan fingerprint density at radius 1 is 1.45 bits per heavy atom. The maximum absolute atomic E-state index is 10.7. The summed E-state index contributed by atoms with van der Waals surface area (Å²) >= 11 is 7.21. The van der Waals surface area contributed by atoms with Crippen LogP contribution < -0.4 is 5.32 Å². The van der Waals surface area contributed by atoms with E-state index in [4.69, 9.17) is 21.2 Å². The number of halogens is 1. The van der Waals surface area contributed by atoms with Crippen molar-refractivity contribution < 1.29 is 14.4 Å². The van der Waals surface area contributed by atoms with Gasteiger partial charge >= 0.3 is 5.97 Å². The molecule has 1 aromatic carbocycles. The lowest BCUT2D eigenvalue weighted by Crippen LogP contribution is -2.00. The second kappa shape index (κ2) is 5.06. The maximum Gasteiger partial charge on any atom is 0.358 e. The Balaban J connectivity index is 1.84. The zero-order chi connectivity index (χ0) is 14.1. The van der Waals surface area contributed by atoms with Crippen LogP contribution in [0.15, 0.2) is 22.7 Å². The quantitative estimate of drug-likeness (QED) is 0.763. The minimum Gasteiger partial charge on any atom is -0.476 e. The number of aromatic carboxylic acids is 1. The first-order chi connectivity index (χ1) is 9.65. The summed E-state index contributed by atoms with van der Waals surface area (Å²) in [6.45, 7) is 0.247. The predicted molar refractivity (Wildman–Crippen MR) is 73.2 cm³/mol. The highest BCUT2D eigenvalue weighted by Gasteiger charge is 2.13. The smallest absolute Gasteiger partial charge is 0.358 e. The molecule has 2 heterocycles. The normalized spacial score (nSPS) is 10.8. The molecule has 0 fully saturated rings. The third-order valence-electron chi connectivity index (χ3n) is 2.59. The van der Waals surface area contributed by atoms with Gasteiger partial charge in [-0.3, -0.25) is 0 Å². The first-order valence-corrected chi connectivity index (χ1v) is 6.59. The highest BCUT2D eigenvalue weighted by atomic mass is 35.5. The number of aromatic nitrogens is 3. The number of nitrogens with one attached hydrogen (secondary N) is 1. The van der Waals surface area contributed by atoms with Gasteiger partial charge in [-0.25, -0.2) is 4.79 Å². The van der Waals surface area contributed by atoms with Crippen LogP contribution in [0.4, 0.5) is 5.69 Å². The molecule has 7 nitrogen and oxygen atoms in total. The summed E-state index contributed by atoms with van der Waals surface area (Å²) < 4.78 is 13.2. The topological polar surface area (TPSA) is 101 Å². The summed E-state index contributed by atoms with van der Waals surface area (Å²) in [5.74, 6) is -0.748. The molecule has 0 amide bonds. The largest absolute Gasteiger partial charge is 0.476 e. The van der Waals surface area contributed by atoms with Crippen LogP contribution in [0.2, 0.25) is 5.02 Å². The molecule has 0 saturated carbocycles. The highest BCUT2D eigenvalue weighted by molar-refractivity contribution is 7.00. The Morgan fingerprint density at radius 2 is 2.30 bits per heavy atom.